The van der Waals surface area contributed by atoms with E-state index >= 15 is 0 Å². The minimum atomic E-state index is -0.306. The third-order valence-corrected chi connectivity index (χ3v) is 5.58. The van der Waals surface area contributed by atoms with E-state index in [1.165, 1.54) is 5.56 Å². The highest BCUT2D eigenvalue weighted by Crippen LogP contribution is 2.38. The summed E-state index contributed by atoms with van der Waals surface area (Å²) in [5.74, 6) is 0.828. The van der Waals surface area contributed by atoms with E-state index in [1.807, 2.05) is 31.2 Å². The summed E-state index contributed by atoms with van der Waals surface area (Å²) < 4.78 is 11.8. The Labute approximate surface area is 163 Å². The standard InChI is InChI=1S/C24H21NO3/c1-3-16-7-6-8-18(11-16)25-13-17-12-21-19-9-4-5-10-20(19)24(26)28-23(21)15(2)22(17)27-14-25/h4-12H,3,13-14H2,1-2H3. The molecule has 0 N–H and O–H groups in total. The summed E-state index contributed by atoms with van der Waals surface area (Å²) in [4.78, 5) is 14.6. The Bertz CT molecular complexity index is 1270. The van der Waals surface area contributed by atoms with E-state index < -0.39 is 0 Å². The van der Waals surface area contributed by atoms with Gasteiger partial charge in [0.05, 0.1) is 5.39 Å². The monoisotopic (exact) mass is 371 g/mol. The molecule has 0 bridgehead atoms. The smallest absolute Gasteiger partial charge is 0.344 e. The molecule has 1 aliphatic heterocycles. The number of aryl methyl sites for hydroxylation is 2. The Morgan fingerprint density at radius 3 is 2.64 bits per heavy atom. The summed E-state index contributed by atoms with van der Waals surface area (Å²) >= 11 is 0. The van der Waals surface area contributed by atoms with Crippen molar-refractivity contribution >= 4 is 27.4 Å². The third kappa shape index (κ3) is 2.56. The van der Waals surface area contributed by atoms with E-state index in [0.717, 1.165) is 46.3 Å². The maximum Gasteiger partial charge on any atom is 0.344 e. The largest absolute Gasteiger partial charge is 0.472 e. The van der Waals surface area contributed by atoms with Crippen molar-refractivity contribution in [2.45, 2.75) is 26.8 Å². The molecule has 0 saturated heterocycles. The highest BCUT2D eigenvalue weighted by atomic mass is 16.5. The molecule has 1 aromatic heterocycles. The van der Waals surface area contributed by atoms with Crippen LogP contribution >= 0.6 is 0 Å². The van der Waals surface area contributed by atoms with Gasteiger partial charge in [-0.15, -0.1) is 0 Å². The molecule has 5 rings (SSSR count). The molecule has 2 heterocycles. The van der Waals surface area contributed by atoms with Crippen molar-refractivity contribution in [3.05, 3.63) is 81.7 Å². The second-order valence-electron chi connectivity index (χ2n) is 7.30. The van der Waals surface area contributed by atoms with Gasteiger partial charge in [0.25, 0.3) is 0 Å². The summed E-state index contributed by atoms with van der Waals surface area (Å²) in [5, 5.41) is 2.49. The minimum Gasteiger partial charge on any atom is -0.472 e. The Kier molecular flexibility index (Phi) is 3.86. The van der Waals surface area contributed by atoms with Crippen LogP contribution in [0.15, 0.2) is 63.8 Å². The van der Waals surface area contributed by atoms with Gasteiger partial charge in [-0.2, -0.15) is 0 Å². The molecule has 0 fully saturated rings. The van der Waals surface area contributed by atoms with Gasteiger partial charge in [-0.05, 0) is 48.6 Å². The van der Waals surface area contributed by atoms with Crippen molar-refractivity contribution < 1.29 is 9.15 Å². The third-order valence-electron chi connectivity index (χ3n) is 5.58. The molecule has 0 spiro atoms. The molecule has 4 heteroatoms. The summed E-state index contributed by atoms with van der Waals surface area (Å²) in [5.41, 5.74) is 4.77. The molecule has 3 aromatic carbocycles. The van der Waals surface area contributed by atoms with Gasteiger partial charge in [-0.3, -0.25) is 0 Å². The molecular weight excluding hydrogens is 350 g/mol. The number of hydrogen-bond acceptors (Lipinski definition) is 4. The molecule has 1 aliphatic rings. The molecule has 140 valence electrons. The lowest BCUT2D eigenvalue weighted by Crippen LogP contribution is -2.32. The van der Waals surface area contributed by atoms with Crippen LogP contribution in [0.2, 0.25) is 0 Å². The summed E-state index contributed by atoms with van der Waals surface area (Å²) in [6, 6.07) is 18.3. The van der Waals surface area contributed by atoms with Gasteiger partial charge in [0.15, 0.2) is 6.73 Å². The Hall–Kier alpha value is -3.27. The average molecular weight is 371 g/mol. The van der Waals surface area contributed by atoms with Gasteiger partial charge in [-0.25, -0.2) is 4.79 Å². The molecule has 0 unspecified atom stereocenters. The lowest BCUT2D eigenvalue weighted by atomic mass is 9.99. The molecule has 0 atom stereocenters. The fourth-order valence-corrected chi connectivity index (χ4v) is 4.08. The zero-order valence-corrected chi connectivity index (χ0v) is 16.0. The van der Waals surface area contributed by atoms with E-state index in [4.69, 9.17) is 9.15 Å². The molecule has 28 heavy (non-hydrogen) atoms. The summed E-state index contributed by atoms with van der Waals surface area (Å²) in [7, 11) is 0. The maximum atomic E-state index is 12.4. The number of ether oxygens (including phenoxy) is 1. The number of nitrogens with zero attached hydrogens (tertiary/aromatic N) is 1. The van der Waals surface area contributed by atoms with Crippen molar-refractivity contribution in [2.24, 2.45) is 0 Å². The first-order chi connectivity index (χ1) is 13.7. The van der Waals surface area contributed by atoms with Crippen LogP contribution in [-0.4, -0.2) is 6.73 Å². The van der Waals surface area contributed by atoms with E-state index in [0.29, 0.717) is 17.7 Å². The van der Waals surface area contributed by atoms with Crippen LogP contribution < -0.4 is 15.3 Å². The lowest BCUT2D eigenvalue weighted by molar-refractivity contribution is 0.287. The van der Waals surface area contributed by atoms with Crippen molar-refractivity contribution in [3.63, 3.8) is 0 Å². The molecule has 0 amide bonds. The van der Waals surface area contributed by atoms with Gasteiger partial charge >= 0.3 is 5.63 Å². The van der Waals surface area contributed by atoms with Crippen molar-refractivity contribution in [3.8, 4) is 5.75 Å². The molecule has 0 aliphatic carbocycles. The number of fused-ring (bicyclic) bond motifs is 4. The van der Waals surface area contributed by atoms with Gasteiger partial charge < -0.3 is 14.1 Å². The van der Waals surface area contributed by atoms with Crippen LogP contribution in [0.25, 0.3) is 21.7 Å². The van der Waals surface area contributed by atoms with Crippen LogP contribution in [0.4, 0.5) is 5.69 Å². The Morgan fingerprint density at radius 2 is 1.82 bits per heavy atom. The van der Waals surface area contributed by atoms with Crippen LogP contribution in [0.3, 0.4) is 0 Å². The predicted octanol–water partition coefficient (Wildman–Crippen LogP) is 5.17. The van der Waals surface area contributed by atoms with Gasteiger partial charge in [-0.1, -0.05) is 37.3 Å². The quantitative estimate of drug-likeness (QED) is 0.360. The second-order valence-corrected chi connectivity index (χ2v) is 7.30. The molecule has 0 saturated carbocycles. The summed E-state index contributed by atoms with van der Waals surface area (Å²) in [6.45, 7) is 5.36. The SMILES string of the molecule is CCc1cccc(N2COc3c(cc4c(oc(=O)c5ccccc54)c3C)C2)c1. The number of benzene rings is 3. The minimum absolute atomic E-state index is 0.306. The Morgan fingerprint density at radius 1 is 1.00 bits per heavy atom. The van der Waals surface area contributed by atoms with Gasteiger partial charge in [0.1, 0.15) is 11.3 Å². The van der Waals surface area contributed by atoms with Crippen molar-refractivity contribution in [2.75, 3.05) is 11.6 Å². The van der Waals surface area contributed by atoms with Gasteiger partial charge in [0, 0.05) is 28.7 Å². The van der Waals surface area contributed by atoms with Gasteiger partial charge in [0.2, 0.25) is 0 Å². The van der Waals surface area contributed by atoms with Crippen LogP contribution in [0.1, 0.15) is 23.6 Å². The zero-order valence-electron chi connectivity index (χ0n) is 16.0. The van der Waals surface area contributed by atoms with E-state index in [1.54, 1.807) is 0 Å². The van der Waals surface area contributed by atoms with Crippen LogP contribution in [0, 0.1) is 6.92 Å². The first-order valence-electron chi connectivity index (χ1n) is 9.60. The highest BCUT2D eigenvalue weighted by Gasteiger charge is 2.23. The van der Waals surface area contributed by atoms with E-state index in [9.17, 15) is 4.79 Å². The Balaban J connectivity index is 1.67. The topological polar surface area (TPSA) is 42.7 Å². The first-order valence-corrected chi connectivity index (χ1v) is 9.60. The van der Waals surface area contributed by atoms with Crippen LogP contribution in [0.5, 0.6) is 5.75 Å². The molecule has 0 radical (unpaired) electrons. The number of anilines is 1. The van der Waals surface area contributed by atoms with Crippen molar-refractivity contribution in [1.29, 1.82) is 0 Å². The predicted molar refractivity (Wildman–Crippen MR) is 112 cm³/mol. The molecule has 4 nitrogen and oxygen atoms in total. The van der Waals surface area contributed by atoms with Crippen molar-refractivity contribution in [1.82, 2.24) is 0 Å². The average Bonchev–Trinajstić information content (AvgIpc) is 2.75. The first kappa shape index (κ1) is 16.9. The lowest BCUT2D eigenvalue weighted by Gasteiger charge is -2.32. The summed E-state index contributed by atoms with van der Waals surface area (Å²) in [6.07, 6.45) is 1.01. The highest BCUT2D eigenvalue weighted by molar-refractivity contribution is 6.06. The second kappa shape index (κ2) is 6.41. The zero-order chi connectivity index (χ0) is 19.3. The molecule has 4 aromatic rings. The normalized spacial score (nSPS) is 13.6. The fourth-order valence-electron chi connectivity index (χ4n) is 4.08. The number of hydrogen-bond donors (Lipinski definition) is 0. The molecular formula is C24H21NO3. The fraction of sp³-hybridized carbons (Fsp3) is 0.208. The van der Waals surface area contributed by atoms with Crippen LogP contribution in [-0.2, 0) is 13.0 Å². The number of rotatable bonds is 2. The van der Waals surface area contributed by atoms with E-state index in [2.05, 4.69) is 42.2 Å². The maximum absolute atomic E-state index is 12.4. The van der Waals surface area contributed by atoms with E-state index in [-0.39, 0.29) is 5.63 Å².